The lowest BCUT2D eigenvalue weighted by molar-refractivity contribution is -0.110. The molecule has 0 saturated carbocycles. The molecule has 7 nitrogen and oxygen atoms in total. The number of halogens is 3. The molecule has 2 heterocycles. The molecule has 1 aliphatic heterocycles. The summed E-state index contributed by atoms with van der Waals surface area (Å²) < 4.78 is 49.8. The maximum atomic E-state index is 16.1. The van der Waals surface area contributed by atoms with E-state index >= 15 is 4.39 Å². The van der Waals surface area contributed by atoms with E-state index in [1.54, 1.807) is 0 Å². The molecule has 1 saturated heterocycles. The summed E-state index contributed by atoms with van der Waals surface area (Å²) in [5.41, 5.74) is -3.60. The highest BCUT2D eigenvalue weighted by Crippen LogP contribution is 2.47. The van der Waals surface area contributed by atoms with Gasteiger partial charge in [-0.1, -0.05) is 41.5 Å². The monoisotopic (exact) mass is 540 g/mol. The minimum absolute atomic E-state index is 0.0518. The molecule has 1 aromatic heterocycles. The molecular formula is C22H39ClF2N2O5Si2. The quantitative estimate of drug-likeness (QED) is 0.391. The van der Waals surface area contributed by atoms with Gasteiger partial charge in [-0.25, -0.2) is 9.18 Å². The zero-order chi connectivity index (χ0) is 26.5. The molecule has 1 aromatic rings. The lowest BCUT2D eigenvalue weighted by atomic mass is 9.99. The molecule has 0 spiro atoms. The first-order valence-electron chi connectivity index (χ1n) is 11.4. The Hall–Kier alpha value is -0.856. The Labute approximate surface area is 207 Å². The van der Waals surface area contributed by atoms with Crippen LogP contribution in [0.5, 0.6) is 0 Å². The van der Waals surface area contributed by atoms with E-state index in [1.807, 2.05) is 38.8 Å². The Morgan fingerprint density at radius 1 is 1.12 bits per heavy atom. The number of rotatable bonds is 7. The summed E-state index contributed by atoms with van der Waals surface area (Å²) in [7, 11) is -4.83. The number of hydrogen-bond donors (Lipinski definition) is 1. The van der Waals surface area contributed by atoms with Crippen molar-refractivity contribution in [1.29, 1.82) is 0 Å². The maximum Gasteiger partial charge on any atom is 0.330 e. The first-order chi connectivity index (χ1) is 15.2. The van der Waals surface area contributed by atoms with Gasteiger partial charge in [0.15, 0.2) is 29.0 Å². The normalized spacial score (nSPS) is 26.8. The number of aromatic nitrogens is 2. The lowest BCUT2D eigenvalue weighted by Crippen LogP contribution is -2.57. The van der Waals surface area contributed by atoms with Gasteiger partial charge in [0, 0.05) is 0 Å². The van der Waals surface area contributed by atoms with Crippen LogP contribution < -0.4 is 11.2 Å². The number of hydrogen-bond acceptors (Lipinski definition) is 5. The van der Waals surface area contributed by atoms with Crippen LogP contribution in [0.3, 0.4) is 0 Å². The van der Waals surface area contributed by atoms with E-state index in [9.17, 15) is 14.0 Å². The first kappa shape index (κ1) is 29.4. The Kier molecular flexibility index (Phi) is 8.25. The summed E-state index contributed by atoms with van der Waals surface area (Å²) in [6.45, 7) is 20.3. The van der Waals surface area contributed by atoms with Gasteiger partial charge in [-0.3, -0.25) is 14.3 Å². The number of nitrogens with one attached hydrogen (secondary N) is 1. The summed E-state index contributed by atoms with van der Waals surface area (Å²) in [5, 5.41) is -0.369. The molecule has 0 aromatic carbocycles. The zero-order valence-corrected chi connectivity index (χ0v) is 24.6. The molecule has 1 unspecified atom stereocenters. The molecule has 0 aliphatic carbocycles. The van der Waals surface area contributed by atoms with Crippen molar-refractivity contribution < 1.29 is 22.4 Å². The first-order valence-corrected chi connectivity index (χ1v) is 17.7. The SMILES string of the molecule is CC(C)(C)[Si](C)(C)OC[C@@]1(CCl)O[C@@H](n2cc(F)c(=O)[nH]c2=O)[C@@H](F)C1O[Si](C)(C)C(C)(C)C. The molecular weight excluding hydrogens is 502 g/mol. The average molecular weight is 541 g/mol. The molecule has 2 rings (SSSR count). The Balaban J connectivity index is 2.58. The van der Waals surface area contributed by atoms with Crippen molar-refractivity contribution in [3.63, 3.8) is 0 Å². The standard InChI is InChI=1S/C22H39ClF2N2O5Si2/c1-20(2,3)33(7,8)30-13-22(12-23)16(32-34(9,10)21(4,5)6)15(25)18(31-22)27-11-14(24)17(28)26-19(27)29/h11,15-16,18H,12-13H2,1-10H3,(H,26,28,29)/t15-,16?,18+,22+/m0/s1. The minimum atomic E-state index is -2.53. The highest BCUT2D eigenvalue weighted by atomic mass is 35.5. The highest BCUT2D eigenvalue weighted by molar-refractivity contribution is 6.74. The lowest BCUT2D eigenvalue weighted by Gasteiger charge is -2.44. The van der Waals surface area contributed by atoms with Gasteiger partial charge >= 0.3 is 5.69 Å². The van der Waals surface area contributed by atoms with Gasteiger partial charge in [-0.15, -0.1) is 11.6 Å². The third kappa shape index (κ3) is 5.59. The van der Waals surface area contributed by atoms with E-state index in [0.29, 0.717) is 10.8 Å². The predicted molar refractivity (Wildman–Crippen MR) is 135 cm³/mol. The predicted octanol–water partition coefficient (Wildman–Crippen LogP) is 4.93. The highest BCUT2D eigenvalue weighted by Gasteiger charge is 2.60. The molecule has 0 amide bonds. The van der Waals surface area contributed by atoms with E-state index in [-0.39, 0.29) is 22.6 Å². The van der Waals surface area contributed by atoms with E-state index in [0.717, 1.165) is 0 Å². The van der Waals surface area contributed by atoms with Gasteiger partial charge in [0.2, 0.25) is 5.82 Å². The summed E-state index contributed by atoms with van der Waals surface area (Å²) in [6.07, 6.45) is -3.92. The summed E-state index contributed by atoms with van der Waals surface area (Å²) >= 11 is 6.42. The summed E-state index contributed by atoms with van der Waals surface area (Å²) in [5.74, 6) is -1.39. The van der Waals surface area contributed by atoms with Crippen molar-refractivity contribution >= 4 is 28.2 Å². The third-order valence-electron chi connectivity index (χ3n) is 7.57. The van der Waals surface area contributed by atoms with Gasteiger partial charge < -0.3 is 13.6 Å². The van der Waals surface area contributed by atoms with E-state index < -0.39 is 57.8 Å². The molecule has 1 aliphatic rings. The van der Waals surface area contributed by atoms with E-state index in [4.69, 9.17) is 25.2 Å². The van der Waals surface area contributed by atoms with Crippen molar-refractivity contribution in [1.82, 2.24) is 9.55 Å². The second-order valence-corrected chi connectivity index (χ2v) is 22.0. The summed E-state index contributed by atoms with van der Waals surface area (Å²) in [6, 6.07) is 0. The fourth-order valence-corrected chi connectivity index (χ4v) is 5.78. The molecule has 1 N–H and O–H groups in total. The Morgan fingerprint density at radius 2 is 1.65 bits per heavy atom. The van der Waals surface area contributed by atoms with Crippen LogP contribution in [-0.4, -0.2) is 56.5 Å². The molecule has 4 atom stereocenters. The smallest absolute Gasteiger partial charge is 0.330 e. The second-order valence-electron chi connectivity index (χ2n) is 12.1. The van der Waals surface area contributed by atoms with Crippen molar-refractivity contribution in [3.05, 3.63) is 32.9 Å². The summed E-state index contributed by atoms with van der Waals surface area (Å²) in [4.78, 5) is 25.8. The average Bonchev–Trinajstić information content (AvgIpc) is 2.94. The van der Waals surface area contributed by atoms with Gasteiger partial charge in [-0.2, -0.15) is 4.39 Å². The molecule has 34 heavy (non-hydrogen) atoms. The van der Waals surface area contributed by atoms with Crippen molar-refractivity contribution in [2.24, 2.45) is 0 Å². The van der Waals surface area contributed by atoms with Crippen LogP contribution in [0.4, 0.5) is 8.78 Å². The number of H-pyrrole nitrogens is 1. The number of nitrogens with zero attached hydrogens (tertiary/aromatic N) is 1. The van der Waals surface area contributed by atoms with Crippen LogP contribution >= 0.6 is 11.6 Å². The largest absolute Gasteiger partial charge is 0.414 e. The zero-order valence-electron chi connectivity index (χ0n) is 21.8. The third-order valence-corrected chi connectivity index (χ3v) is 17.0. The Morgan fingerprint density at radius 3 is 2.12 bits per heavy atom. The fraction of sp³-hybridized carbons (Fsp3) is 0.818. The second kappa shape index (κ2) is 9.55. The molecule has 196 valence electrons. The van der Waals surface area contributed by atoms with E-state index in [1.165, 1.54) is 0 Å². The Bertz CT molecular complexity index is 1000. The van der Waals surface area contributed by atoms with Crippen molar-refractivity contribution in [2.75, 3.05) is 12.5 Å². The van der Waals surface area contributed by atoms with Crippen LogP contribution in [0.25, 0.3) is 0 Å². The number of ether oxygens (including phenoxy) is 1. The van der Waals surface area contributed by atoms with Crippen LogP contribution in [-0.2, 0) is 13.6 Å². The van der Waals surface area contributed by atoms with E-state index in [2.05, 4.69) is 33.9 Å². The molecule has 1 fully saturated rings. The van der Waals surface area contributed by atoms with Gasteiger partial charge in [0.25, 0.3) is 5.56 Å². The van der Waals surface area contributed by atoms with Crippen LogP contribution in [0.1, 0.15) is 47.8 Å². The van der Waals surface area contributed by atoms with Crippen LogP contribution in [0.15, 0.2) is 15.8 Å². The fourth-order valence-electron chi connectivity index (χ4n) is 3.12. The molecule has 12 heteroatoms. The van der Waals surface area contributed by atoms with Crippen LogP contribution in [0, 0.1) is 5.82 Å². The number of aromatic amines is 1. The van der Waals surface area contributed by atoms with Crippen LogP contribution in [0.2, 0.25) is 36.3 Å². The minimum Gasteiger partial charge on any atom is -0.414 e. The van der Waals surface area contributed by atoms with Crippen molar-refractivity contribution in [2.45, 2.75) is 102 Å². The molecule has 0 radical (unpaired) electrons. The van der Waals surface area contributed by atoms with Gasteiger partial charge in [0.1, 0.15) is 11.7 Å². The maximum absolute atomic E-state index is 16.1. The topological polar surface area (TPSA) is 82.5 Å². The van der Waals surface area contributed by atoms with Crippen molar-refractivity contribution in [3.8, 4) is 0 Å². The number of alkyl halides is 2. The van der Waals surface area contributed by atoms with Gasteiger partial charge in [0.05, 0.1) is 18.7 Å². The van der Waals surface area contributed by atoms with Gasteiger partial charge in [-0.05, 0) is 36.3 Å². The molecule has 0 bridgehead atoms.